The minimum Gasteiger partial charge on any atom is -1.00 e. The van der Waals surface area contributed by atoms with Crippen molar-refractivity contribution in [1.82, 2.24) is 5.32 Å². The highest BCUT2D eigenvalue weighted by Gasteiger charge is 2.48. The van der Waals surface area contributed by atoms with Crippen molar-refractivity contribution in [3.05, 3.63) is 127 Å². The van der Waals surface area contributed by atoms with E-state index in [0.29, 0.717) is 5.56 Å². The Bertz CT molecular complexity index is 1110. The van der Waals surface area contributed by atoms with Gasteiger partial charge in [0, 0.05) is 5.56 Å². The molecular weight excluding hydrogens is 509 g/mol. The maximum atomic E-state index is 12.9. The molecule has 0 spiro atoms. The second kappa shape index (κ2) is 11.7. The smallest absolute Gasteiger partial charge is 0.330 e. The monoisotopic (exact) mass is 533 g/mol. The lowest BCUT2D eigenvalue weighted by molar-refractivity contribution is -0.138. The normalized spacial score (nSPS) is 11.6. The van der Waals surface area contributed by atoms with Gasteiger partial charge in [0.1, 0.15) is 29.3 Å². The number of carboxylic acids is 1. The van der Waals surface area contributed by atoms with Crippen LogP contribution >= 0.6 is 7.26 Å². The molecule has 0 fully saturated rings. The van der Waals surface area contributed by atoms with E-state index in [4.69, 9.17) is 0 Å². The van der Waals surface area contributed by atoms with Gasteiger partial charge in [0.25, 0.3) is 5.91 Å². The molecule has 0 saturated heterocycles. The number of nitrogens with one attached hydrogen (secondary N) is 1. The fraction of sp³-hybridized carbons (Fsp3) is 0.0714. The molecule has 0 aliphatic rings. The van der Waals surface area contributed by atoms with Crippen LogP contribution in [0.4, 0.5) is 0 Å². The van der Waals surface area contributed by atoms with Gasteiger partial charge < -0.3 is 27.4 Å². The molecule has 2 N–H and O–H groups in total. The first-order chi connectivity index (χ1) is 16.1. The predicted octanol–water partition coefficient (Wildman–Crippen LogP) is 0.868. The maximum absolute atomic E-state index is 12.9. The van der Waals surface area contributed by atoms with Crippen molar-refractivity contribution in [2.45, 2.75) is 6.04 Å². The summed E-state index contributed by atoms with van der Waals surface area (Å²) in [6, 6.07) is 37.8. The number of amides is 1. The third kappa shape index (κ3) is 5.44. The van der Waals surface area contributed by atoms with E-state index < -0.39 is 25.2 Å². The fourth-order valence-corrected chi connectivity index (χ4v) is 8.47. The number of hydrogen-bond acceptors (Lipinski definition) is 2. The van der Waals surface area contributed by atoms with Gasteiger partial charge in [-0.1, -0.05) is 72.8 Å². The zero-order valence-corrected chi connectivity index (χ0v) is 20.9. The van der Waals surface area contributed by atoms with Crippen LogP contribution in [0.2, 0.25) is 0 Å². The highest BCUT2D eigenvalue weighted by Crippen LogP contribution is 2.55. The van der Waals surface area contributed by atoms with Gasteiger partial charge in [-0.25, -0.2) is 4.79 Å². The van der Waals surface area contributed by atoms with Crippen LogP contribution in [0.15, 0.2) is 121 Å². The summed E-state index contributed by atoms with van der Waals surface area (Å²) in [6.45, 7) is 0. The standard InChI is InChI=1S/C28H24NO3P.BrH/c30-27(22-13-5-1-6-14-22)29-26(28(31)32)21-33(23-15-7-2-8-16-23,24-17-9-3-10-18-24)25-19-11-4-12-20-25;/h1-20,26H,21H2,(H-,29,30,31,32);1H/t26-;/m0./s1. The molecule has 34 heavy (non-hydrogen) atoms. The lowest BCUT2D eigenvalue weighted by Gasteiger charge is -2.30. The first-order valence-electron chi connectivity index (χ1n) is 10.7. The van der Waals surface area contributed by atoms with Gasteiger partial charge in [-0.2, -0.15) is 0 Å². The Morgan fingerprint density at radius 3 is 1.35 bits per heavy atom. The predicted molar refractivity (Wildman–Crippen MR) is 135 cm³/mol. The molecule has 4 rings (SSSR count). The summed E-state index contributed by atoms with van der Waals surface area (Å²) < 4.78 is 0. The van der Waals surface area contributed by atoms with Crippen molar-refractivity contribution >= 4 is 35.1 Å². The molecule has 1 amide bonds. The Hall–Kier alpha value is -3.27. The zero-order valence-electron chi connectivity index (χ0n) is 18.4. The number of rotatable bonds is 8. The van der Waals surface area contributed by atoms with Crippen LogP contribution in [0.5, 0.6) is 0 Å². The molecule has 6 heteroatoms. The van der Waals surface area contributed by atoms with Gasteiger partial charge in [0.2, 0.25) is 0 Å². The molecule has 4 aromatic rings. The van der Waals surface area contributed by atoms with E-state index in [1.54, 1.807) is 24.3 Å². The van der Waals surface area contributed by atoms with E-state index in [9.17, 15) is 14.7 Å². The molecule has 0 saturated carbocycles. The van der Waals surface area contributed by atoms with Crippen LogP contribution < -0.4 is 38.2 Å². The molecule has 0 radical (unpaired) electrons. The molecule has 4 aromatic carbocycles. The number of carboxylic acid groups (broad SMARTS) is 1. The average molecular weight is 534 g/mol. The molecule has 0 heterocycles. The fourth-order valence-electron chi connectivity index (χ4n) is 4.10. The number of halogens is 1. The van der Waals surface area contributed by atoms with Crippen LogP contribution in [0.1, 0.15) is 10.4 Å². The van der Waals surface area contributed by atoms with E-state index in [1.165, 1.54) is 0 Å². The summed E-state index contributed by atoms with van der Waals surface area (Å²) in [6.07, 6.45) is 0.263. The third-order valence-corrected chi connectivity index (χ3v) is 10.1. The number of carbonyl (C=O) groups is 2. The van der Waals surface area contributed by atoms with E-state index in [1.807, 2.05) is 60.7 Å². The quantitative estimate of drug-likeness (QED) is 0.330. The van der Waals surface area contributed by atoms with Crippen molar-refractivity contribution in [2.24, 2.45) is 0 Å². The number of aliphatic carboxylic acids is 1. The minimum absolute atomic E-state index is 0. The average Bonchev–Trinajstić information content (AvgIpc) is 2.88. The molecule has 1 atom stereocenters. The lowest BCUT2D eigenvalue weighted by Crippen LogP contribution is -3.00. The number of hydrogen-bond donors (Lipinski definition) is 2. The molecule has 0 aliphatic carbocycles. The Morgan fingerprint density at radius 1 is 0.647 bits per heavy atom. The maximum Gasteiger partial charge on any atom is 0.330 e. The Balaban J connectivity index is 0.00000324. The topological polar surface area (TPSA) is 66.4 Å². The van der Waals surface area contributed by atoms with Crippen molar-refractivity contribution in [2.75, 3.05) is 6.16 Å². The lowest BCUT2D eigenvalue weighted by atomic mass is 10.2. The molecule has 4 nitrogen and oxygen atoms in total. The highest BCUT2D eigenvalue weighted by molar-refractivity contribution is 7.95. The molecule has 0 unspecified atom stereocenters. The van der Waals surface area contributed by atoms with Crippen LogP contribution in [0, 0.1) is 0 Å². The van der Waals surface area contributed by atoms with E-state index in [-0.39, 0.29) is 23.1 Å². The SMILES string of the molecule is O=C(N[C@@H](C[P+](c1ccccc1)(c1ccccc1)c1ccccc1)C(=O)O)c1ccccc1.[Br-]. The Kier molecular flexibility index (Phi) is 8.75. The van der Waals surface area contributed by atoms with Crippen LogP contribution in [-0.4, -0.2) is 29.2 Å². The second-order valence-corrected chi connectivity index (χ2v) is 11.3. The van der Waals surface area contributed by atoms with Crippen molar-refractivity contribution < 1.29 is 31.7 Å². The summed E-state index contributed by atoms with van der Waals surface area (Å²) in [7, 11) is -2.41. The van der Waals surface area contributed by atoms with Crippen LogP contribution in [0.3, 0.4) is 0 Å². The van der Waals surface area contributed by atoms with E-state index in [2.05, 4.69) is 41.7 Å². The second-order valence-electron chi connectivity index (χ2n) is 7.73. The summed E-state index contributed by atoms with van der Waals surface area (Å²) in [4.78, 5) is 25.3. The third-order valence-electron chi connectivity index (χ3n) is 5.69. The zero-order chi connectivity index (χ0) is 23.1. The van der Waals surface area contributed by atoms with Gasteiger partial charge in [-0.05, 0) is 48.5 Å². The number of benzene rings is 4. The van der Waals surface area contributed by atoms with Crippen LogP contribution in [-0.2, 0) is 4.79 Å². The van der Waals surface area contributed by atoms with Gasteiger partial charge >= 0.3 is 5.97 Å². The summed E-state index contributed by atoms with van der Waals surface area (Å²) in [5, 5.41) is 16.2. The van der Waals surface area contributed by atoms with Gasteiger partial charge in [0.05, 0.1) is 0 Å². The molecule has 0 bridgehead atoms. The van der Waals surface area contributed by atoms with E-state index in [0.717, 1.165) is 15.9 Å². The summed E-state index contributed by atoms with van der Waals surface area (Å²) in [5.74, 6) is -1.44. The van der Waals surface area contributed by atoms with Gasteiger partial charge in [-0.15, -0.1) is 0 Å². The summed E-state index contributed by atoms with van der Waals surface area (Å²) >= 11 is 0. The minimum atomic E-state index is -2.41. The largest absolute Gasteiger partial charge is 1.00 e. The van der Waals surface area contributed by atoms with Crippen molar-refractivity contribution in [3.63, 3.8) is 0 Å². The first kappa shape index (κ1) is 25.4. The molecular formula is C28H25BrNO3P. The van der Waals surface area contributed by atoms with E-state index >= 15 is 0 Å². The van der Waals surface area contributed by atoms with Crippen molar-refractivity contribution in [1.29, 1.82) is 0 Å². The highest BCUT2D eigenvalue weighted by atomic mass is 79.9. The van der Waals surface area contributed by atoms with Crippen molar-refractivity contribution in [3.8, 4) is 0 Å². The van der Waals surface area contributed by atoms with Gasteiger partial charge in [-0.3, -0.25) is 4.79 Å². The number of carbonyl (C=O) groups excluding carboxylic acids is 1. The van der Waals surface area contributed by atoms with Crippen LogP contribution in [0.25, 0.3) is 0 Å². The Labute approximate surface area is 210 Å². The first-order valence-corrected chi connectivity index (χ1v) is 12.7. The van der Waals surface area contributed by atoms with Gasteiger partial charge in [0.15, 0.2) is 6.04 Å². The molecule has 0 aromatic heterocycles. The molecule has 0 aliphatic heterocycles. The Morgan fingerprint density at radius 2 is 1.00 bits per heavy atom. The summed E-state index contributed by atoms with van der Waals surface area (Å²) in [5.41, 5.74) is 0.437. The molecule has 172 valence electrons.